The van der Waals surface area contributed by atoms with Gasteiger partial charge in [-0.15, -0.1) is 0 Å². The highest BCUT2D eigenvalue weighted by Crippen LogP contribution is 2.78. The number of nitrogens with one attached hydrogen (secondary N) is 1. The summed E-state index contributed by atoms with van der Waals surface area (Å²) in [7, 11) is 0. The molecule has 2 unspecified atom stereocenters. The van der Waals surface area contributed by atoms with Crippen molar-refractivity contribution >= 4 is 17.8 Å². The van der Waals surface area contributed by atoms with Crippen molar-refractivity contribution in [3.63, 3.8) is 0 Å². The highest BCUT2D eigenvalue weighted by Gasteiger charge is 2.71. The Morgan fingerprint density at radius 3 is 2.26 bits per heavy atom. The van der Waals surface area contributed by atoms with E-state index in [9.17, 15) is 19.5 Å². The molecule has 5 rings (SSSR count). The van der Waals surface area contributed by atoms with E-state index in [0.29, 0.717) is 36.0 Å². The maximum atomic E-state index is 13.1. The van der Waals surface area contributed by atoms with Crippen molar-refractivity contribution in [1.82, 2.24) is 5.32 Å². The molecule has 1 amide bonds. The van der Waals surface area contributed by atoms with Crippen LogP contribution in [0.1, 0.15) is 132 Å². The van der Waals surface area contributed by atoms with Gasteiger partial charge in [-0.05, 0) is 136 Å². The summed E-state index contributed by atoms with van der Waals surface area (Å²) in [6.45, 7) is 22.2. The number of hydrogen-bond acceptors (Lipinski definition) is 5. The van der Waals surface area contributed by atoms with E-state index in [1.807, 2.05) is 0 Å². The molecular formula is C39H60N2O5. The minimum atomic E-state index is -1.15. The second-order valence-electron chi connectivity index (χ2n) is 18.4. The summed E-state index contributed by atoms with van der Waals surface area (Å²) in [6.07, 6.45) is 11.0. The monoisotopic (exact) mass is 636 g/mol. The third-order valence-corrected chi connectivity index (χ3v) is 15.5. The molecule has 10 atom stereocenters. The SMILES string of the molecule is C=C(C)[C@@H]1CC[C@]2(CC(=O)NCC#N)CC[C@]3(C)[C@H](CCC4[C@@]5(C)CC[C@H](OC(=O)CC(C)(C)C(=O)O)C(C)(C)C5CC[C@]43C)[C@@H]12. The van der Waals surface area contributed by atoms with Gasteiger partial charge < -0.3 is 15.2 Å². The minimum absolute atomic E-state index is 0.0171. The molecule has 0 aromatic heterocycles. The Balaban J connectivity index is 1.41. The lowest BCUT2D eigenvalue weighted by atomic mass is 9.32. The van der Waals surface area contributed by atoms with Crippen LogP contribution in [0.2, 0.25) is 0 Å². The molecule has 2 N–H and O–H groups in total. The van der Waals surface area contributed by atoms with E-state index in [4.69, 9.17) is 10.00 Å². The minimum Gasteiger partial charge on any atom is -0.481 e. The first-order valence-electron chi connectivity index (χ1n) is 18.0. The molecule has 0 bridgehead atoms. The largest absolute Gasteiger partial charge is 0.481 e. The highest BCUT2D eigenvalue weighted by atomic mass is 16.5. The van der Waals surface area contributed by atoms with Crippen molar-refractivity contribution in [3.8, 4) is 6.07 Å². The molecule has 0 saturated heterocycles. The number of carboxylic acids is 1. The van der Waals surface area contributed by atoms with Gasteiger partial charge >= 0.3 is 11.9 Å². The van der Waals surface area contributed by atoms with Crippen molar-refractivity contribution < 1.29 is 24.2 Å². The molecule has 0 radical (unpaired) electrons. The van der Waals surface area contributed by atoms with Crippen molar-refractivity contribution in [2.45, 2.75) is 139 Å². The van der Waals surface area contributed by atoms with Gasteiger partial charge in [0, 0.05) is 11.8 Å². The van der Waals surface area contributed by atoms with Gasteiger partial charge in [-0.2, -0.15) is 5.26 Å². The molecule has 7 heteroatoms. The van der Waals surface area contributed by atoms with E-state index < -0.39 is 17.4 Å². The van der Waals surface area contributed by atoms with E-state index in [1.165, 1.54) is 18.4 Å². The number of amides is 1. The van der Waals surface area contributed by atoms with Crippen molar-refractivity contribution in [2.75, 3.05) is 6.54 Å². The number of nitrogens with zero attached hydrogens (tertiary/aromatic N) is 1. The van der Waals surface area contributed by atoms with E-state index in [-0.39, 0.29) is 52.1 Å². The number of esters is 1. The fourth-order valence-corrected chi connectivity index (χ4v) is 12.9. The van der Waals surface area contributed by atoms with Gasteiger partial charge in [0.05, 0.1) is 17.9 Å². The predicted octanol–water partition coefficient (Wildman–Crippen LogP) is 8.09. The Morgan fingerprint density at radius 1 is 0.935 bits per heavy atom. The lowest BCUT2D eigenvalue weighted by Crippen LogP contribution is -2.67. The molecule has 256 valence electrons. The number of aliphatic carboxylic acids is 1. The topological polar surface area (TPSA) is 116 Å². The molecule has 5 saturated carbocycles. The molecule has 0 spiro atoms. The fourth-order valence-electron chi connectivity index (χ4n) is 12.9. The van der Waals surface area contributed by atoms with E-state index in [2.05, 4.69) is 59.5 Å². The van der Waals surface area contributed by atoms with E-state index >= 15 is 0 Å². The lowest BCUT2D eigenvalue weighted by Gasteiger charge is -2.73. The van der Waals surface area contributed by atoms with Gasteiger partial charge in [-0.3, -0.25) is 14.4 Å². The summed E-state index contributed by atoms with van der Waals surface area (Å²) in [5.74, 6) is 1.05. The number of carboxylic acid groups (broad SMARTS) is 1. The standard InChI is InChI=1S/C39H60N2O5/c1-24(2)25-12-17-39(22-30(42)41-21-20-40)19-18-37(8)26(32(25)39)10-11-28-36(7)15-14-29(46-31(43)23-34(3,4)33(44)45)35(5,6)27(36)13-16-38(28,37)9/h25-29,32H,1,10-19,21-23H2,2-9H3,(H,41,42)(H,44,45)/t25-,26+,27?,28?,29-,32+,36-,37+,38+,39+/m0/s1. The smallest absolute Gasteiger partial charge is 0.309 e. The van der Waals surface area contributed by atoms with Crippen LogP contribution in [0.4, 0.5) is 0 Å². The number of rotatable bonds is 8. The predicted molar refractivity (Wildman–Crippen MR) is 178 cm³/mol. The zero-order chi connectivity index (χ0) is 34.1. The van der Waals surface area contributed by atoms with Crippen LogP contribution in [0.25, 0.3) is 0 Å². The summed E-state index contributed by atoms with van der Waals surface area (Å²) < 4.78 is 6.14. The van der Waals surface area contributed by atoms with Gasteiger partial charge in [0.15, 0.2) is 0 Å². The van der Waals surface area contributed by atoms with Crippen molar-refractivity contribution in [1.29, 1.82) is 5.26 Å². The van der Waals surface area contributed by atoms with Crippen LogP contribution in [0.15, 0.2) is 12.2 Å². The molecule has 46 heavy (non-hydrogen) atoms. The number of fused-ring (bicyclic) bond motifs is 7. The van der Waals surface area contributed by atoms with Crippen LogP contribution in [-0.4, -0.2) is 35.6 Å². The van der Waals surface area contributed by atoms with Gasteiger partial charge in [0.2, 0.25) is 5.91 Å². The van der Waals surface area contributed by atoms with Crippen molar-refractivity contribution in [2.24, 2.45) is 62.1 Å². The quantitative estimate of drug-likeness (QED) is 0.158. The molecule has 0 heterocycles. The number of carbonyl (C=O) groups is 3. The number of carbonyl (C=O) groups excluding carboxylic acids is 2. The summed E-state index contributed by atoms with van der Waals surface area (Å²) in [6, 6.07) is 2.07. The molecule has 5 aliphatic carbocycles. The Kier molecular flexibility index (Phi) is 8.86. The first-order chi connectivity index (χ1) is 21.3. The van der Waals surface area contributed by atoms with Gasteiger partial charge in [0.1, 0.15) is 12.6 Å². The second-order valence-corrected chi connectivity index (χ2v) is 18.4. The Hall–Kier alpha value is -2.36. The van der Waals surface area contributed by atoms with Crippen LogP contribution in [0, 0.1) is 73.4 Å². The third-order valence-electron chi connectivity index (χ3n) is 15.5. The van der Waals surface area contributed by atoms with Crippen LogP contribution in [0.5, 0.6) is 0 Å². The average Bonchev–Trinajstić information content (AvgIpc) is 3.33. The zero-order valence-corrected chi connectivity index (χ0v) is 29.9. The van der Waals surface area contributed by atoms with Gasteiger partial charge in [0.25, 0.3) is 0 Å². The normalized spacial score (nSPS) is 42.7. The molecule has 5 fully saturated rings. The summed E-state index contributed by atoms with van der Waals surface area (Å²) >= 11 is 0. The number of allylic oxidation sites excluding steroid dienone is 1. The number of nitriles is 1. The zero-order valence-electron chi connectivity index (χ0n) is 29.9. The van der Waals surface area contributed by atoms with Crippen LogP contribution < -0.4 is 5.32 Å². The van der Waals surface area contributed by atoms with Crippen LogP contribution >= 0.6 is 0 Å². The first kappa shape index (κ1) is 35.0. The Bertz CT molecular complexity index is 1310. The maximum absolute atomic E-state index is 13.1. The summed E-state index contributed by atoms with van der Waals surface area (Å²) in [5.41, 5.74) is 0.353. The highest BCUT2D eigenvalue weighted by molar-refractivity contribution is 5.81. The lowest BCUT2D eigenvalue weighted by molar-refractivity contribution is -0.250. The number of hydrogen-bond donors (Lipinski definition) is 2. The van der Waals surface area contributed by atoms with Crippen LogP contribution in [0.3, 0.4) is 0 Å². The maximum Gasteiger partial charge on any atom is 0.309 e. The molecule has 0 aromatic carbocycles. The number of ether oxygens (including phenoxy) is 1. The van der Waals surface area contributed by atoms with Crippen LogP contribution in [-0.2, 0) is 19.1 Å². The average molecular weight is 637 g/mol. The Morgan fingerprint density at radius 2 is 1.63 bits per heavy atom. The van der Waals surface area contributed by atoms with Gasteiger partial charge in [-0.25, -0.2) is 0 Å². The molecular weight excluding hydrogens is 576 g/mol. The second kappa shape index (κ2) is 11.7. The van der Waals surface area contributed by atoms with Crippen molar-refractivity contribution in [3.05, 3.63) is 12.2 Å². The fraction of sp³-hybridized carbons (Fsp3) is 0.846. The molecule has 5 aliphatic rings. The van der Waals surface area contributed by atoms with Gasteiger partial charge in [-0.1, -0.05) is 46.8 Å². The first-order valence-corrected chi connectivity index (χ1v) is 18.0. The molecule has 0 aromatic rings. The summed E-state index contributed by atoms with van der Waals surface area (Å²) in [4.78, 5) is 37.8. The molecule has 0 aliphatic heterocycles. The Labute approximate surface area is 277 Å². The van der Waals surface area contributed by atoms with E-state index in [0.717, 1.165) is 51.4 Å². The molecule has 7 nitrogen and oxygen atoms in total. The summed E-state index contributed by atoms with van der Waals surface area (Å²) in [5, 5.41) is 21.5. The van der Waals surface area contributed by atoms with E-state index in [1.54, 1.807) is 13.8 Å². The third kappa shape index (κ3) is 5.23.